The van der Waals surface area contributed by atoms with Gasteiger partial charge in [0.2, 0.25) is 0 Å². The summed E-state index contributed by atoms with van der Waals surface area (Å²) >= 11 is 11.9. The summed E-state index contributed by atoms with van der Waals surface area (Å²) < 4.78 is 5.49. The molecule has 1 fully saturated rings. The monoisotopic (exact) mass is 418 g/mol. The molecule has 0 bridgehead atoms. The van der Waals surface area contributed by atoms with Crippen molar-refractivity contribution in [3.8, 4) is 0 Å². The lowest BCUT2D eigenvalue weighted by Crippen LogP contribution is -2.31. The first-order valence-electron chi connectivity index (χ1n) is 8.83. The third kappa shape index (κ3) is 3.39. The third-order valence-corrected chi connectivity index (χ3v) is 5.56. The molecule has 0 aromatic heterocycles. The van der Waals surface area contributed by atoms with Crippen LogP contribution in [0.2, 0.25) is 10.0 Å². The van der Waals surface area contributed by atoms with Gasteiger partial charge in [0.1, 0.15) is 0 Å². The lowest BCUT2D eigenvalue weighted by Gasteiger charge is -2.14. The van der Waals surface area contributed by atoms with Crippen molar-refractivity contribution in [2.24, 2.45) is 0 Å². The molecule has 0 saturated carbocycles. The molecule has 0 radical (unpaired) electrons. The lowest BCUT2D eigenvalue weighted by molar-refractivity contribution is 0.0857. The Kier molecular flexibility index (Phi) is 5.10. The van der Waals surface area contributed by atoms with E-state index in [0.29, 0.717) is 29.4 Å². The zero-order valence-corrected chi connectivity index (χ0v) is 16.2. The molecule has 2 aromatic rings. The minimum absolute atomic E-state index is 0.0201. The van der Waals surface area contributed by atoms with Crippen LogP contribution < -0.4 is 10.2 Å². The molecule has 1 atom stereocenters. The summed E-state index contributed by atoms with van der Waals surface area (Å²) in [5, 5.41) is 3.38. The molecular weight excluding hydrogens is 403 g/mol. The van der Waals surface area contributed by atoms with E-state index in [9.17, 15) is 14.4 Å². The van der Waals surface area contributed by atoms with Crippen molar-refractivity contribution >= 4 is 46.6 Å². The first-order chi connectivity index (χ1) is 13.5. The van der Waals surface area contributed by atoms with E-state index < -0.39 is 11.8 Å². The molecule has 0 aliphatic carbocycles. The smallest absolute Gasteiger partial charge is 0.266 e. The SMILES string of the molecule is O=C(NC[C@H]1CCCO1)c1ccc2c(c1)C(=O)N(c1ccc(Cl)c(Cl)c1)C2=O. The van der Waals surface area contributed by atoms with E-state index in [0.717, 1.165) is 17.7 Å². The number of imide groups is 1. The second-order valence-corrected chi connectivity index (χ2v) is 7.46. The van der Waals surface area contributed by atoms with Crippen molar-refractivity contribution in [3.63, 3.8) is 0 Å². The van der Waals surface area contributed by atoms with Gasteiger partial charge in [-0.1, -0.05) is 23.2 Å². The molecule has 1 saturated heterocycles. The van der Waals surface area contributed by atoms with Gasteiger partial charge in [0.25, 0.3) is 17.7 Å². The second kappa shape index (κ2) is 7.54. The first-order valence-corrected chi connectivity index (χ1v) is 9.59. The summed E-state index contributed by atoms with van der Waals surface area (Å²) in [5.41, 5.74) is 1.06. The summed E-state index contributed by atoms with van der Waals surface area (Å²) in [7, 11) is 0. The standard InChI is InChI=1S/C20H16Cl2N2O4/c21-16-6-4-12(9-17(16)22)24-19(26)14-5-3-11(8-15(14)20(24)27)18(25)23-10-13-2-1-7-28-13/h3-6,8-9,13H,1-2,7,10H2,(H,23,25)/t13-/m1/s1. The summed E-state index contributed by atoms with van der Waals surface area (Å²) in [6.07, 6.45) is 1.92. The maximum atomic E-state index is 12.8. The number of halogens is 2. The van der Waals surface area contributed by atoms with Crippen LogP contribution in [0.3, 0.4) is 0 Å². The molecule has 3 amide bonds. The number of nitrogens with zero attached hydrogens (tertiary/aromatic N) is 1. The number of carbonyl (C=O) groups excluding carboxylic acids is 3. The highest BCUT2D eigenvalue weighted by molar-refractivity contribution is 6.42. The molecule has 2 aromatic carbocycles. The predicted octanol–water partition coefficient (Wildman–Crippen LogP) is 3.70. The van der Waals surface area contributed by atoms with Crippen LogP contribution in [0.4, 0.5) is 5.69 Å². The Morgan fingerprint density at radius 1 is 1.07 bits per heavy atom. The largest absolute Gasteiger partial charge is 0.376 e. The van der Waals surface area contributed by atoms with Crippen LogP contribution in [0.5, 0.6) is 0 Å². The lowest BCUT2D eigenvalue weighted by atomic mass is 10.1. The molecule has 1 N–H and O–H groups in total. The molecule has 4 rings (SSSR count). The maximum absolute atomic E-state index is 12.8. The van der Waals surface area contributed by atoms with E-state index in [-0.39, 0.29) is 28.2 Å². The van der Waals surface area contributed by atoms with Gasteiger partial charge in [-0.25, -0.2) is 4.90 Å². The maximum Gasteiger partial charge on any atom is 0.266 e. The Morgan fingerprint density at radius 2 is 1.86 bits per heavy atom. The van der Waals surface area contributed by atoms with Gasteiger partial charge in [0.15, 0.2) is 0 Å². The van der Waals surface area contributed by atoms with E-state index in [1.54, 1.807) is 6.07 Å². The molecule has 2 heterocycles. The van der Waals surface area contributed by atoms with Gasteiger partial charge in [-0.05, 0) is 49.2 Å². The highest BCUT2D eigenvalue weighted by Gasteiger charge is 2.37. The number of benzene rings is 2. The van der Waals surface area contributed by atoms with E-state index in [1.165, 1.54) is 30.3 Å². The number of fused-ring (bicyclic) bond motifs is 1. The van der Waals surface area contributed by atoms with E-state index in [4.69, 9.17) is 27.9 Å². The zero-order valence-electron chi connectivity index (χ0n) is 14.7. The average molecular weight is 419 g/mol. The van der Waals surface area contributed by atoms with Crippen LogP contribution in [0.15, 0.2) is 36.4 Å². The van der Waals surface area contributed by atoms with Crippen LogP contribution in [0, 0.1) is 0 Å². The van der Waals surface area contributed by atoms with Gasteiger partial charge in [-0.2, -0.15) is 0 Å². The Bertz CT molecular complexity index is 986. The van der Waals surface area contributed by atoms with E-state index >= 15 is 0 Å². The van der Waals surface area contributed by atoms with Crippen molar-refractivity contribution in [3.05, 3.63) is 63.1 Å². The normalized spacial score (nSPS) is 18.5. The zero-order chi connectivity index (χ0) is 19.8. The average Bonchev–Trinajstić information content (AvgIpc) is 3.29. The summed E-state index contributed by atoms with van der Waals surface area (Å²) in [6.45, 7) is 1.12. The van der Waals surface area contributed by atoms with Gasteiger partial charge in [-0.15, -0.1) is 0 Å². The fourth-order valence-corrected chi connectivity index (χ4v) is 3.65. The van der Waals surface area contributed by atoms with Crippen LogP contribution in [0.25, 0.3) is 0 Å². The highest BCUT2D eigenvalue weighted by Crippen LogP contribution is 2.33. The number of rotatable bonds is 4. The van der Waals surface area contributed by atoms with Crippen LogP contribution >= 0.6 is 23.2 Å². The van der Waals surface area contributed by atoms with Gasteiger partial charge in [0, 0.05) is 18.7 Å². The first kappa shape index (κ1) is 18.9. The molecule has 2 aliphatic heterocycles. The molecule has 144 valence electrons. The molecule has 0 spiro atoms. The Labute approximate surface area is 171 Å². The van der Waals surface area contributed by atoms with Crippen molar-refractivity contribution in [1.29, 1.82) is 0 Å². The third-order valence-electron chi connectivity index (χ3n) is 4.82. The minimum atomic E-state index is -0.507. The molecule has 8 heteroatoms. The van der Waals surface area contributed by atoms with Gasteiger partial charge >= 0.3 is 0 Å². The highest BCUT2D eigenvalue weighted by atomic mass is 35.5. The predicted molar refractivity (Wildman–Crippen MR) is 105 cm³/mol. The molecule has 28 heavy (non-hydrogen) atoms. The van der Waals surface area contributed by atoms with Crippen molar-refractivity contribution in [2.75, 3.05) is 18.1 Å². The Morgan fingerprint density at radius 3 is 2.57 bits per heavy atom. The summed E-state index contributed by atoms with van der Waals surface area (Å²) in [4.78, 5) is 39.0. The topological polar surface area (TPSA) is 75.7 Å². The van der Waals surface area contributed by atoms with Gasteiger partial charge < -0.3 is 10.1 Å². The van der Waals surface area contributed by atoms with E-state index in [2.05, 4.69) is 5.32 Å². The number of nitrogens with one attached hydrogen (secondary N) is 1. The summed E-state index contributed by atoms with van der Waals surface area (Å²) in [6, 6.07) is 9.00. The van der Waals surface area contributed by atoms with Crippen molar-refractivity contribution < 1.29 is 19.1 Å². The molecule has 2 aliphatic rings. The summed E-state index contributed by atoms with van der Waals surface area (Å²) in [5.74, 6) is -1.29. The molecule has 0 unspecified atom stereocenters. The minimum Gasteiger partial charge on any atom is -0.376 e. The van der Waals surface area contributed by atoms with E-state index in [1.807, 2.05) is 0 Å². The molecular formula is C20H16Cl2N2O4. The van der Waals surface area contributed by atoms with Gasteiger partial charge in [0.05, 0.1) is 33.0 Å². The second-order valence-electron chi connectivity index (χ2n) is 6.65. The number of anilines is 1. The number of hydrogen-bond acceptors (Lipinski definition) is 4. The number of hydrogen-bond donors (Lipinski definition) is 1. The quantitative estimate of drug-likeness (QED) is 0.767. The Hall–Kier alpha value is -2.41. The van der Waals surface area contributed by atoms with Crippen LogP contribution in [0.1, 0.15) is 43.9 Å². The molecule has 6 nitrogen and oxygen atoms in total. The van der Waals surface area contributed by atoms with Crippen molar-refractivity contribution in [2.45, 2.75) is 18.9 Å². The van der Waals surface area contributed by atoms with Gasteiger partial charge in [-0.3, -0.25) is 14.4 Å². The number of carbonyl (C=O) groups is 3. The van der Waals surface area contributed by atoms with Crippen LogP contribution in [-0.4, -0.2) is 37.0 Å². The fraction of sp³-hybridized carbons (Fsp3) is 0.250. The number of amides is 3. The Balaban J connectivity index is 1.56. The fourth-order valence-electron chi connectivity index (χ4n) is 3.35. The van der Waals surface area contributed by atoms with Crippen molar-refractivity contribution in [1.82, 2.24) is 5.32 Å². The number of ether oxygens (including phenoxy) is 1. The van der Waals surface area contributed by atoms with Crippen LogP contribution in [-0.2, 0) is 4.74 Å².